The molecule has 1 aromatic heterocycles. The second kappa shape index (κ2) is 7.69. The molecule has 0 aliphatic rings. The lowest BCUT2D eigenvalue weighted by Gasteiger charge is -2.12. The zero-order valence-corrected chi connectivity index (χ0v) is 14.6. The van der Waals surface area contributed by atoms with Gasteiger partial charge in [-0.3, -0.25) is 10.1 Å². The Kier molecular flexibility index (Phi) is 5.32. The highest BCUT2D eigenvalue weighted by Gasteiger charge is 2.31. The molecule has 0 saturated heterocycles. The molecule has 1 heterocycles. The molecular formula is C17H11ClF3N5O2. The molecule has 3 aromatic rings. The Morgan fingerprint density at radius 3 is 2.14 bits per heavy atom. The van der Waals surface area contributed by atoms with Gasteiger partial charge in [0.2, 0.25) is 11.6 Å². The van der Waals surface area contributed by atoms with Crippen molar-refractivity contribution < 1.29 is 18.1 Å². The third kappa shape index (κ3) is 4.46. The molecule has 0 spiro atoms. The number of nitro groups is 1. The van der Waals surface area contributed by atoms with Gasteiger partial charge in [-0.2, -0.15) is 13.2 Å². The van der Waals surface area contributed by atoms with E-state index in [9.17, 15) is 23.3 Å². The molecule has 0 unspecified atom stereocenters. The monoisotopic (exact) mass is 409 g/mol. The van der Waals surface area contributed by atoms with Crippen LogP contribution in [-0.4, -0.2) is 14.9 Å². The highest BCUT2D eigenvalue weighted by molar-refractivity contribution is 6.30. The maximum Gasteiger partial charge on any atom is 0.416 e. The predicted octanol–water partition coefficient (Wildman–Crippen LogP) is 5.54. The van der Waals surface area contributed by atoms with Crippen molar-refractivity contribution in [1.29, 1.82) is 0 Å². The van der Waals surface area contributed by atoms with E-state index in [2.05, 4.69) is 20.6 Å². The second-order valence-corrected chi connectivity index (χ2v) is 5.95. The summed E-state index contributed by atoms with van der Waals surface area (Å²) in [7, 11) is 0. The lowest BCUT2D eigenvalue weighted by atomic mass is 10.2. The Morgan fingerprint density at radius 2 is 1.57 bits per heavy atom. The van der Waals surface area contributed by atoms with E-state index in [0.717, 1.165) is 18.5 Å². The van der Waals surface area contributed by atoms with Gasteiger partial charge in [0.1, 0.15) is 6.33 Å². The van der Waals surface area contributed by atoms with Crippen LogP contribution in [0.4, 0.5) is 41.9 Å². The molecule has 2 N–H and O–H groups in total. The fourth-order valence-electron chi connectivity index (χ4n) is 2.31. The molecule has 144 valence electrons. The van der Waals surface area contributed by atoms with Gasteiger partial charge in [-0.1, -0.05) is 17.7 Å². The first-order valence-corrected chi connectivity index (χ1v) is 8.08. The van der Waals surface area contributed by atoms with Gasteiger partial charge >= 0.3 is 11.9 Å². The lowest BCUT2D eigenvalue weighted by Crippen LogP contribution is -2.07. The van der Waals surface area contributed by atoms with Crippen molar-refractivity contribution in [2.24, 2.45) is 0 Å². The fourth-order valence-corrected chi connectivity index (χ4v) is 2.44. The first-order chi connectivity index (χ1) is 13.2. The molecule has 0 aliphatic carbocycles. The van der Waals surface area contributed by atoms with Crippen LogP contribution in [0.5, 0.6) is 0 Å². The summed E-state index contributed by atoms with van der Waals surface area (Å²) in [5.74, 6) is -0.382. The quantitative estimate of drug-likeness (QED) is 0.424. The Hall–Kier alpha value is -3.40. The van der Waals surface area contributed by atoms with Crippen LogP contribution in [0.2, 0.25) is 5.02 Å². The van der Waals surface area contributed by atoms with Crippen molar-refractivity contribution >= 4 is 40.3 Å². The second-order valence-electron chi connectivity index (χ2n) is 5.51. The molecule has 0 amide bonds. The molecule has 2 aromatic carbocycles. The van der Waals surface area contributed by atoms with Gasteiger partial charge in [0.15, 0.2) is 0 Å². The number of nitrogens with one attached hydrogen (secondary N) is 2. The van der Waals surface area contributed by atoms with Crippen LogP contribution in [0.1, 0.15) is 5.56 Å². The maximum atomic E-state index is 12.9. The molecule has 0 atom stereocenters. The van der Waals surface area contributed by atoms with Crippen LogP contribution >= 0.6 is 11.6 Å². The number of alkyl halides is 3. The average molecular weight is 410 g/mol. The molecule has 0 aliphatic heterocycles. The number of hydrogen-bond acceptors (Lipinski definition) is 6. The largest absolute Gasteiger partial charge is 0.416 e. The standard InChI is InChI=1S/C17H11ClF3N5O2/c18-11-4-6-12(7-5-11)24-15-14(26(27)28)16(23-9-22-15)25-13-3-1-2-10(8-13)17(19,20)21/h1-9H,(H2,22,23,24,25). The number of rotatable bonds is 5. The van der Waals surface area contributed by atoms with E-state index in [0.29, 0.717) is 10.7 Å². The molecule has 11 heteroatoms. The van der Waals surface area contributed by atoms with Crippen LogP contribution in [0.25, 0.3) is 0 Å². The molecule has 3 rings (SSSR count). The Morgan fingerprint density at radius 1 is 0.964 bits per heavy atom. The maximum absolute atomic E-state index is 12.9. The summed E-state index contributed by atoms with van der Waals surface area (Å²) >= 11 is 5.80. The molecular weight excluding hydrogens is 399 g/mol. The van der Waals surface area contributed by atoms with Crippen LogP contribution in [-0.2, 0) is 6.18 Å². The number of nitrogens with zero attached hydrogens (tertiary/aromatic N) is 3. The summed E-state index contributed by atoms with van der Waals surface area (Å²) in [6, 6.07) is 10.6. The van der Waals surface area contributed by atoms with E-state index in [1.54, 1.807) is 24.3 Å². The van der Waals surface area contributed by atoms with Gasteiger partial charge < -0.3 is 10.6 Å². The summed E-state index contributed by atoms with van der Waals surface area (Å²) in [6.07, 6.45) is -3.49. The summed E-state index contributed by atoms with van der Waals surface area (Å²) in [4.78, 5) is 18.5. The van der Waals surface area contributed by atoms with Gasteiger partial charge in [0.25, 0.3) is 0 Å². The first kappa shape index (κ1) is 19.4. The number of anilines is 4. The minimum absolute atomic E-state index is 0.00549. The smallest absolute Gasteiger partial charge is 0.334 e. The summed E-state index contributed by atoms with van der Waals surface area (Å²) < 4.78 is 38.6. The highest BCUT2D eigenvalue weighted by Crippen LogP contribution is 2.35. The average Bonchev–Trinajstić information content (AvgIpc) is 2.63. The van der Waals surface area contributed by atoms with Crippen molar-refractivity contribution in [3.63, 3.8) is 0 Å². The van der Waals surface area contributed by atoms with E-state index in [-0.39, 0.29) is 17.3 Å². The van der Waals surface area contributed by atoms with Crippen LogP contribution in [0, 0.1) is 10.1 Å². The van der Waals surface area contributed by atoms with Crippen molar-refractivity contribution in [3.8, 4) is 0 Å². The minimum atomic E-state index is -4.55. The van der Waals surface area contributed by atoms with Crippen molar-refractivity contribution in [2.75, 3.05) is 10.6 Å². The number of aromatic nitrogens is 2. The molecule has 7 nitrogen and oxygen atoms in total. The third-order valence-electron chi connectivity index (χ3n) is 3.56. The fraction of sp³-hybridized carbons (Fsp3) is 0.0588. The van der Waals surface area contributed by atoms with Gasteiger partial charge in [-0.15, -0.1) is 0 Å². The molecule has 0 radical (unpaired) electrons. The first-order valence-electron chi connectivity index (χ1n) is 7.70. The SMILES string of the molecule is O=[N+]([O-])c1c(Nc2ccc(Cl)cc2)ncnc1Nc1cccc(C(F)(F)F)c1. The normalized spacial score (nSPS) is 11.1. The molecule has 0 saturated carbocycles. The van der Waals surface area contributed by atoms with E-state index in [4.69, 9.17) is 11.6 Å². The van der Waals surface area contributed by atoms with Crippen LogP contribution in [0.15, 0.2) is 54.9 Å². The van der Waals surface area contributed by atoms with E-state index < -0.39 is 22.4 Å². The van der Waals surface area contributed by atoms with Gasteiger partial charge in [0.05, 0.1) is 10.5 Å². The van der Waals surface area contributed by atoms with E-state index >= 15 is 0 Å². The zero-order chi connectivity index (χ0) is 20.3. The Bertz CT molecular complexity index is 1010. The zero-order valence-electron chi connectivity index (χ0n) is 13.9. The van der Waals surface area contributed by atoms with Gasteiger partial charge in [0, 0.05) is 16.4 Å². The molecule has 0 bridgehead atoms. The van der Waals surface area contributed by atoms with Crippen LogP contribution < -0.4 is 10.6 Å². The highest BCUT2D eigenvalue weighted by atomic mass is 35.5. The topological polar surface area (TPSA) is 93.0 Å². The Labute approximate surface area is 161 Å². The van der Waals surface area contributed by atoms with Gasteiger partial charge in [-0.25, -0.2) is 9.97 Å². The van der Waals surface area contributed by atoms with Crippen molar-refractivity contribution in [1.82, 2.24) is 9.97 Å². The summed E-state index contributed by atoms with van der Waals surface area (Å²) in [5.41, 5.74) is -0.936. The van der Waals surface area contributed by atoms with Crippen LogP contribution in [0.3, 0.4) is 0 Å². The Balaban J connectivity index is 1.96. The summed E-state index contributed by atoms with van der Waals surface area (Å²) in [6.45, 7) is 0. The number of halogens is 4. The van der Waals surface area contributed by atoms with Crippen molar-refractivity contribution in [2.45, 2.75) is 6.18 Å². The van der Waals surface area contributed by atoms with E-state index in [1.807, 2.05) is 0 Å². The predicted molar refractivity (Wildman–Crippen MR) is 98.1 cm³/mol. The lowest BCUT2D eigenvalue weighted by molar-refractivity contribution is -0.383. The molecule has 0 fully saturated rings. The molecule has 28 heavy (non-hydrogen) atoms. The third-order valence-corrected chi connectivity index (χ3v) is 3.82. The van der Waals surface area contributed by atoms with Gasteiger partial charge in [-0.05, 0) is 42.5 Å². The number of hydrogen-bond donors (Lipinski definition) is 2. The minimum Gasteiger partial charge on any atom is -0.334 e. The summed E-state index contributed by atoms with van der Waals surface area (Å²) in [5, 5.41) is 17.3. The van der Waals surface area contributed by atoms with Crippen molar-refractivity contribution in [3.05, 3.63) is 75.6 Å². The number of benzene rings is 2. The van der Waals surface area contributed by atoms with E-state index in [1.165, 1.54) is 12.1 Å².